The molecule has 1 unspecified atom stereocenters. The summed E-state index contributed by atoms with van der Waals surface area (Å²) in [6.45, 7) is 6.85. The maximum atomic E-state index is 12.5. The van der Waals surface area contributed by atoms with Crippen LogP contribution < -0.4 is 5.32 Å². The van der Waals surface area contributed by atoms with Crippen molar-refractivity contribution in [2.75, 3.05) is 32.0 Å². The van der Waals surface area contributed by atoms with Gasteiger partial charge in [0.05, 0.1) is 18.5 Å². The summed E-state index contributed by atoms with van der Waals surface area (Å²) in [4.78, 5) is 0. The summed E-state index contributed by atoms with van der Waals surface area (Å²) in [5, 5.41) is 3.36. The Kier molecular flexibility index (Phi) is 5.84. The van der Waals surface area contributed by atoms with Gasteiger partial charge in [0.1, 0.15) is 0 Å². The number of hydrogen-bond acceptors (Lipinski definition) is 4. The molecule has 1 atom stereocenters. The number of sulfonamides is 1. The Hall–Kier alpha value is -0.170. The first-order valence-electron chi connectivity index (χ1n) is 7.81. The minimum absolute atomic E-state index is 0.0853. The van der Waals surface area contributed by atoms with Crippen molar-refractivity contribution in [2.45, 2.75) is 51.7 Å². The summed E-state index contributed by atoms with van der Waals surface area (Å²) in [6, 6.07) is 0.251. The van der Waals surface area contributed by atoms with Gasteiger partial charge in [0.2, 0.25) is 10.0 Å². The molecule has 0 aromatic carbocycles. The molecule has 118 valence electrons. The molecule has 20 heavy (non-hydrogen) atoms. The molecule has 6 heteroatoms. The fraction of sp³-hybridized carbons (Fsp3) is 1.00. The average Bonchev–Trinajstić information content (AvgIpc) is 3.20. The van der Waals surface area contributed by atoms with Crippen molar-refractivity contribution in [3.05, 3.63) is 0 Å². The molecule has 1 aliphatic carbocycles. The van der Waals surface area contributed by atoms with Crippen LogP contribution in [0.4, 0.5) is 0 Å². The quantitative estimate of drug-likeness (QED) is 0.732. The predicted octanol–water partition coefficient (Wildman–Crippen LogP) is 1.21. The normalized spacial score (nSPS) is 24.5. The van der Waals surface area contributed by atoms with Crippen LogP contribution in [0.3, 0.4) is 0 Å². The van der Waals surface area contributed by atoms with E-state index in [9.17, 15) is 8.42 Å². The lowest BCUT2D eigenvalue weighted by Gasteiger charge is -2.29. The lowest BCUT2D eigenvalue weighted by molar-refractivity contribution is 0.0905. The lowest BCUT2D eigenvalue weighted by atomic mass is 10.00. The van der Waals surface area contributed by atoms with E-state index in [1.165, 1.54) is 0 Å². The van der Waals surface area contributed by atoms with E-state index in [-0.39, 0.29) is 17.9 Å². The molecule has 1 saturated heterocycles. The lowest BCUT2D eigenvalue weighted by Crippen LogP contribution is -2.43. The summed E-state index contributed by atoms with van der Waals surface area (Å²) >= 11 is 0. The second-order valence-corrected chi connectivity index (χ2v) is 8.29. The van der Waals surface area contributed by atoms with E-state index in [2.05, 4.69) is 5.32 Å². The van der Waals surface area contributed by atoms with Gasteiger partial charge in [-0.2, -0.15) is 4.31 Å². The van der Waals surface area contributed by atoms with Crippen molar-refractivity contribution in [3.8, 4) is 0 Å². The van der Waals surface area contributed by atoms with E-state index >= 15 is 0 Å². The van der Waals surface area contributed by atoms with Gasteiger partial charge < -0.3 is 10.1 Å². The molecule has 1 heterocycles. The summed E-state index contributed by atoms with van der Waals surface area (Å²) < 4.78 is 32.1. The summed E-state index contributed by atoms with van der Waals surface area (Å²) in [5.74, 6) is 0.576. The van der Waals surface area contributed by atoms with E-state index < -0.39 is 10.0 Å². The second-order valence-electron chi connectivity index (χ2n) is 6.25. The van der Waals surface area contributed by atoms with Gasteiger partial charge in [0, 0.05) is 12.6 Å². The third kappa shape index (κ3) is 4.98. The van der Waals surface area contributed by atoms with Gasteiger partial charge in [0.25, 0.3) is 0 Å². The van der Waals surface area contributed by atoms with Crippen LogP contribution in [-0.2, 0) is 14.8 Å². The number of ether oxygens (including phenoxy) is 1. The molecular weight excluding hydrogens is 276 g/mol. The molecule has 0 bridgehead atoms. The van der Waals surface area contributed by atoms with Crippen LogP contribution in [0.2, 0.25) is 0 Å². The third-order valence-electron chi connectivity index (χ3n) is 3.94. The summed E-state index contributed by atoms with van der Waals surface area (Å²) in [5.41, 5.74) is 0. The Morgan fingerprint density at radius 2 is 2.05 bits per heavy atom. The number of rotatable bonds is 8. The van der Waals surface area contributed by atoms with Gasteiger partial charge in [-0.25, -0.2) is 8.42 Å². The zero-order valence-electron chi connectivity index (χ0n) is 12.7. The topological polar surface area (TPSA) is 58.6 Å². The van der Waals surface area contributed by atoms with Crippen LogP contribution in [0.15, 0.2) is 0 Å². The SMILES string of the molecule is CC(C)OCCS(=O)(=O)N(CC1CCCNC1)C1CC1. The third-order valence-corrected chi connectivity index (χ3v) is 5.79. The molecule has 2 rings (SSSR count). The number of nitrogens with one attached hydrogen (secondary N) is 1. The van der Waals surface area contributed by atoms with E-state index in [4.69, 9.17) is 4.74 Å². The monoisotopic (exact) mass is 304 g/mol. The van der Waals surface area contributed by atoms with Gasteiger partial charge in [-0.3, -0.25) is 0 Å². The molecule has 0 aromatic rings. The van der Waals surface area contributed by atoms with Gasteiger partial charge >= 0.3 is 0 Å². The van der Waals surface area contributed by atoms with Crippen LogP contribution >= 0.6 is 0 Å². The first-order chi connectivity index (χ1) is 9.49. The predicted molar refractivity (Wildman–Crippen MR) is 80.2 cm³/mol. The summed E-state index contributed by atoms with van der Waals surface area (Å²) in [6.07, 6.45) is 4.41. The molecule has 5 nitrogen and oxygen atoms in total. The largest absolute Gasteiger partial charge is 0.378 e. The summed E-state index contributed by atoms with van der Waals surface area (Å²) in [7, 11) is -3.17. The van der Waals surface area contributed by atoms with Crippen molar-refractivity contribution in [3.63, 3.8) is 0 Å². The fourth-order valence-electron chi connectivity index (χ4n) is 2.69. The maximum absolute atomic E-state index is 12.5. The van der Waals surface area contributed by atoms with Crippen LogP contribution in [0.25, 0.3) is 0 Å². The first kappa shape index (κ1) is 16.2. The molecule has 2 aliphatic rings. The fourth-order valence-corrected chi connectivity index (χ4v) is 4.34. The van der Waals surface area contributed by atoms with Gasteiger partial charge in [-0.1, -0.05) is 0 Å². The van der Waals surface area contributed by atoms with Crippen molar-refractivity contribution in [2.24, 2.45) is 5.92 Å². The van der Waals surface area contributed by atoms with Crippen molar-refractivity contribution < 1.29 is 13.2 Å². The number of hydrogen-bond donors (Lipinski definition) is 1. The Labute approximate surface area is 123 Å². The maximum Gasteiger partial charge on any atom is 0.216 e. The van der Waals surface area contributed by atoms with Crippen molar-refractivity contribution in [1.29, 1.82) is 0 Å². The van der Waals surface area contributed by atoms with Crippen LogP contribution in [-0.4, -0.2) is 56.9 Å². The van der Waals surface area contributed by atoms with E-state index in [1.54, 1.807) is 4.31 Å². The smallest absolute Gasteiger partial charge is 0.216 e. The Morgan fingerprint density at radius 1 is 1.30 bits per heavy atom. The highest BCUT2D eigenvalue weighted by molar-refractivity contribution is 7.89. The van der Waals surface area contributed by atoms with E-state index in [0.717, 1.165) is 38.8 Å². The molecule has 0 radical (unpaired) electrons. The van der Waals surface area contributed by atoms with Crippen LogP contribution in [0.1, 0.15) is 39.5 Å². The van der Waals surface area contributed by atoms with Crippen molar-refractivity contribution >= 4 is 10.0 Å². The minimum Gasteiger partial charge on any atom is -0.378 e. The molecule has 1 N–H and O–H groups in total. The number of nitrogens with zero attached hydrogens (tertiary/aromatic N) is 1. The van der Waals surface area contributed by atoms with Crippen molar-refractivity contribution in [1.82, 2.24) is 9.62 Å². The molecule has 1 saturated carbocycles. The number of piperidine rings is 1. The standard InChI is InChI=1S/C14H28N2O3S/c1-12(2)19-8-9-20(17,18)16(14-5-6-14)11-13-4-3-7-15-10-13/h12-15H,3-11H2,1-2H3. The highest BCUT2D eigenvalue weighted by Gasteiger charge is 2.38. The molecule has 2 fully saturated rings. The molecule has 0 aromatic heterocycles. The zero-order valence-corrected chi connectivity index (χ0v) is 13.5. The van der Waals surface area contributed by atoms with Gasteiger partial charge in [-0.05, 0) is 58.5 Å². The zero-order chi connectivity index (χ0) is 14.6. The first-order valence-corrected chi connectivity index (χ1v) is 9.42. The highest BCUT2D eigenvalue weighted by Crippen LogP contribution is 2.31. The molecule has 0 amide bonds. The molecule has 1 aliphatic heterocycles. The highest BCUT2D eigenvalue weighted by atomic mass is 32.2. The van der Waals surface area contributed by atoms with Gasteiger partial charge in [0.15, 0.2) is 0 Å². The Bertz CT molecular complexity index is 387. The van der Waals surface area contributed by atoms with Crippen LogP contribution in [0.5, 0.6) is 0 Å². The van der Waals surface area contributed by atoms with E-state index in [1.807, 2.05) is 13.8 Å². The van der Waals surface area contributed by atoms with Gasteiger partial charge in [-0.15, -0.1) is 0 Å². The molecular formula is C14H28N2O3S. The second kappa shape index (κ2) is 7.20. The minimum atomic E-state index is -3.17. The average molecular weight is 304 g/mol. The Balaban J connectivity index is 1.89. The van der Waals surface area contributed by atoms with Crippen LogP contribution in [0, 0.1) is 5.92 Å². The van der Waals surface area contributed by atoms with E-state index in [0.29, 0.717) is 19.1 Å². The molecule has 0 spiro atoms. The Morgan fingerprint density at radius 3 is 2.60 bits per heavy atom.